The van der Waals surface area contributed by atoms with Crippen molar-refractivity contribution in [2.24, 2.45) is 0 Å². The minimum absolute atomic E-state index is 0.0372. The lowest BCUT2D eigenvalue weighted by atomic mass is 10.0. The van der Waals surface area contributed by atoms with Gasteiger partial charge in [0.05, 0.1) is 0 Å². The topological polar surface area (TPSA) is 9.23 Å². The standard InChI is InChI=1S/C16H14Cl2O/c17-13-6-3-5-12(8-13)16-10-14(18)9-11-4-1-2-7-15(11)19-16/h1-8,14,16H,9-10H2/t14-,16-/m1/s1. The second-order valence-electron chi connectivity index (χ2n) is 4.81. The molecule has 0 saturated heterocycles. The maximum absolute atomic E-state index is 6.42. The van der Waals surface area contributed by atoms with Crippen LogP contribution in [0.25, 0.3) is 0 Å². The van der Waals surface area contributed by atoms with E-state index < -0.39 is 0 Å². The summed E-state index contributed by atoms with van der Waals surface area (Å²) in [5, 5.41) is 0.803. The summed E-state index contributed by atoms with van der Waals surface area (Å²) in [5.41, 5.74) is 2.25. The molecule has 2 aromatic carbocycles. The van der Waals surface area contributed by atoms with Gasteiger partial charge in [-0.2, -0.15) is 0 Å². The zero-order chi connectivity index (χ0) is 13.2. The molecule has 0 spiro atoms. The zero-order valence-corrected chi connectivity index (χ0v) is 11.9. The first kappa shape index (κ1) is 12.8. The normalized spacial score (nSPS) is 22.2. The van der Waals surface area contributed by atoms with E-state index in [0.29, 0.717) is 0 Å². The molecule has 1 aliphatic rings. The van der Waals surface area contributed by atoms with Crippen molar-refractivity contribution in [3.8, 4) is 5.75 Å². The van der Waals surface area contributed by atoms with Gasteiger partial charge in [-0.1, -0.05) is 41.9 Å². The van der Waals surface area contributed by atoms with Crippen LogP contribution in [-0.2, 0) is 6.42 Å². The predicted octanol–water partition coefficient (Wildman–Crippen LogP) is 5.01. The minimum Gasteiger partial charge on any atom is -0.485 e. The van der Waals surface area contributed by atoms with Gasteiger partial charge in [-0.3, -0.25) is 0 Å². The summed E-state index contributed by atoms with van der Waals surface area (Å²) in [5.74, 6) is 0.927. The molecule has 19 heavy (non-hydrogen) atoms. The lowest BCUT2D eigenvalue weighted by Crippen LogP contribution is -2.11. The lowest BCUT2D eigenvalue weighted by Gasteiger charge is -2.19. The molecule has 0 aromatic heterocycles. The smallest absolute Gasteiger partial charge is 0.125 e. The van der Waals surface area contributed by atoms with Crippen molar-refractivity contribution in [1.82, 2.24) is 0 Å². The van der Waals surface area contributed by atoms with Gasteiger partial charge in [0, 0.05) is 16.8 Å². The van der Waals surface area contributed by atoms with Crippen LogP contribution in [0, 0.1) is 0 Å². The molecule has 0 N–H and O–H groups in total. The number of hydrogen-bond acceptors (Lipinski definition) is 1. The molecule has 0 fully saturated rings. The summed E-state index contributed by atoms with van der Waals surface area (Å²) >= 11 is 12.5. The van der Waals surface area contributed by atoms with E-state index in [0.717, 1.165) is 29.2 Å². The fourth-order valence-corrected chi connectivity index (χ4v) is 2.98. The van der Waals surface area contributed by atoms with E-state index >= 15 is 0 Å². The summed E-state index contributed by atoms with van der Waals surface area (Å²) in [6, 6.07) is 15.9. The maximum Gasteiger partial charge on any atom is 0.125 e. The summed E-state index contributed by atoms with van der Waals surface area (Å²) in [6.07, 6.45) is 1.59. The molecule has 0 amide bonds. The molecular formula is C16H14Cl2O. The van der Waals surface area contributed by atoms with Crippen LogP contribution in [-0.4, -0.2) is 5.38 Å². The van der Waals surface area contributed by atoms with Crippen molar-refractivity contribution in [1.29, 1.82) is 0 Å². The van der Waals surface area contributed by atoms with E-state index in [2.05, 4.69) is 6.07 Å². The van der Waals surface area contributed by atoms with Gasteiger partial charge < -0.3 is 4.74 Å². The van der Waals surface area contributed by atoms with Gasteiger partial charge in [0.1, 0.15) is 11.9 Å². The van der Waals surface area contributed by atoms with Crippen molar-refractivity contribution in [3.63, 3.8) is 0 Å². The Labute approximate surface area is 123 Å². The number of alkyl halides is 1. The Morgan fingerprint density at radius 1 is 1.05 bits per heavy atom. The molecule has 98 valence electrons. The van der Waals surface area contributed by atoms with Crippen molar-refractivity contribution < 1.29 is 4.74 Å². The number of hydrogen-bond donors (Lipinski definition) is 0. The molecular weight excluding hydrogens is 279 g/mol. The third kappa shape index (κ3) is 2.88. The van der Waals surface area contributed by atoms with Gasteiger partial charge in [0.25, 0.3) is 0 Å². The van der Waals surface area contributed by atoms with Crippen LogP contribution < -0.4 is 4.74 Å². The van der Waals surface area contributed by atoms with Crippen molar-refractivity contribution in [2.45, 2.75) is 24.3 Å². The Kier molecular flexibility index (Phi) is 3.67. The highest BCUT2D eigenvalue weighted by Crippen LogP contribution is 2.35. The molecule has 3 rings (SSSR count). The van der Waals surface area contributed by atoms with Gasteiger partial charge in [-0.15, -0.1) is 11.6 Å². The Morgan fingerprint density at radius 2 is 1.89 bits per heavy atom. The van der Waals surface area contributed by atoms with Gasteiger partial charge in [-0.05, 0) is 35.7 Å². The van der Waals surface area contributed by atoms with Crippen LogP contribution in [0.15, 0.2) is 48.5 Å². The number of para-hydroxylation sites is 1. The van der Waals surface area contributed by atoms with Crippen LogP contribution in [0.1, 0.15) is 23.7 Å². The summed E-state index contributed by atoms with van der Waals surface area (Å²) < 4.78 is 6.13. The fourth-order valence-electron chi connectivity index (χ4n) is 2.45. The van der Waals surface area contributed by atoms with Gasteiger partial charge in [0.15, 0.2) is 0 Å². The second kappa shape index (κ2) is 5.44. The molecule has 0 bridgehead atoms. The van der Waals surface area contributed by atoms with E-state index in [1.807, 2.05) is 42.5 Å². The average Bonchev–Trinajstić information content (AvgIpc) is 2.56. The summed E-state index contributed by atoms with van der Waals surface area (Å²) in [6.45, 7) is 0. The first-order valence-electron chi connectivity index (χ1n) is 6.36. The van der Waals surface area contributed by atoms with Crippen molar-refractivity contribution in [2.75, 3.05) is 0 Å². The molecule has 0 radical (unpaired) electrons. The molecule has 0 aliphatic carbocycles. The fraction of sp³-hybridized carbons (Fsp3) is 0.250. The molecule has 1 heterocycles. The monoisotopic (exact) mass is 292 g/mol. The first-order valence-corrected chi connectivity index (χ1v) is 7.18. The van der Waals surface area contributed by atoms with Gasteiger partial charge >= 0.3 is 0 Å². The predicted molar refractivity (Wildman–Crippen MR) is 79.2 cm³/mol. The average molecular weight is 293 g/mol. The van der Waals surface area contributed by atoms with Crippen LogP contribution >= 0.6 is 23.2 Å². The largest absolute Gasteiger partial charge is 0.485 e. The Morgan fingerprint density at radius 3 is 2.74 bits per heavy atom. The Hall–Kier alpha value is -1.18. The van der Waals surface area contributed by atoms with Crippen LogP contribution in [0.5, 0.6) is 5.75 Å². The number of ether oxygens (including phenoxy) is 1. The van der Waals surface area contributed by atoms with Crippen LogP contribution in [0.3, 0.4) is 0 Å². The van der Waals surface area contributed by atoms with Gasteiger partial charge in [-0.25, -0.2) is 0 Å². The number of benzene rings is 2. The van der Waals surface area contributed by atoms with E-state index in [4.69, 9.17) is 27.9 Å². The first-order chi connectivity index (χ1) is 9.22. The quantitative estimate of drug-likeness (QED) is 0.671. The Balaban J connectivity index is 1.95. The molecule has 3 heteroatoms. The highest BCUT2D eigenvalue weighted by atomic mass is 35.5. The SMILES string of the molecule is Clc1cccc([C@H]2C[C@H](Cl)Cc3ccccc3O2)c1. The molecule has 2 aromatic rings. The Bertz CT molecular complexity index is 582. The number of halogens is 2. The van der Waals surface area contributed by atoms with Gasteiger partial charge in [0.2, 0.25) is 0 Å². The lowest BCUT2D eigenvalue weighted by molar-refractivity contribution is 0.201. The van der Waals surface area contributed by atoms with Crippen LogP contribution in [0.4, 0.5) is 0 Å². The zero-order valence-electron chi connectivity index (χ0n) is 10.4. The molecule has 0 unspecified atom stereocenters. The van der Waals surface area contributed by atoms with E-state index in [9.17, 15) is 0 Å². The minimum atomic E-state index is -0.0372. The number of fused-ring (bicyclic) bond motifs is 1. The third-order valence-corrected chi connectivity index (χ3v) is 3.94. The van der Waals surface area contributed by atoms with Crippen molar-refractivity contribution in [3.05, 3.63) is 64.7 Å². The molecule has 1 nitrogen and oxygen atoms in total. The highest BCUT2D eigenvalue weighted by molar-refractivity contribution is 6.30. The molecule has 2 atom stereocenters. The van der Waals surface area contributed by atoms with E-state index in [1.54, 1.807) is 0 Å². The third-order valence-electron chi connectivity index (χ3n) is 3.37. The van der Waals surface area contributed by atoms with E-state index in [1.165, 1.54) is 5.56 Å². The number of rotatable bonds is 1. The summed E-state index contributed by atoms with van der Waals surface area (Å²) in [7, 11) is 0. The molecule has 0 saturated carbocycles. The second-order valence-corrected chi connectivity index (χ2v) is 5.86. The van der Waals surface area contributed by atoms with Crippen molar-refractivity contribution >= 4 is 23.2 Å². The van der Waals surface area contributed by atoms with E-state index in [-0.39, 0.29) is 11.5 Å². The van der Waals surface area contributed by atoms with Crippen LogP contribution in [0.2, 0.25) is 5.02 Å². The molecule has 1 aliphatic heterocycles. The highest BCUT2D eigenvalue weighted by Gasteiger charge is 2.24. The maximum atomic E-state index is 6.42. The summed E-state index contributed by atoms with van der Waals surface area (Å²) in [4.78, 5) is 0.